The monoisotopic (exact) mass is 396 g/mol. The molecule has 1 saturated heterocycles. The molecule has 3 amide bonds. The van der Waals surface area contributed by atoms with E-state index in [1.807, 2.05) is 31.2 Å². The SMILES string of the molecule is Cc1cc2cc(CNC(=O)N[C@@H]3CC(=O)N(c4ccc(Cl)cc4)C3)ccc2[nH]1. The van der Waals surface area contributed by atoms with E-state index in [0.717, 1.165) is 27.8 Å². The summed E-state index contributed by atoms with van der Waals surface area (Å²) >= 11 is 5.90. The van der Waals surface area contributed by atoms with Crippen LogP contribution in [0.3, 0.4) is 0 Å². The second-order valence-electron chi connectivity index (χ2n) is 7.08. The number of aromatic nitrogens is 1. The van der Waals surface area contributed by atoms with Crippen molar-refractivity contribution >= 4 is 40.1 Å². The molecule has 1 aliphatic heterocycles. The highest BCUT2D eigenvalue weighted by Crippen LogP contribution is 2.23. The summed E-state index contributed by atoms with van der Waals surface area (Å²) in [5, 5.41) is 7.50. The average molecular weight is 397 g/mol. The predicted molar refractivity (Wildman–Crippen MR) is 111 cm³/mol. The van der Waals surface area contributed by atoms with Crippen molar-refractivity contribution in [3.63, 3.8) is 0 Å². The number of nitrogens with one attached hydrogen (secondary N) is 3. The molecule has 4 rings (SSSR count). The normalized spacial score (nSPS) is 16.6. The second-order valence-corrected chi connectivity index (χ2v) is 7.52. The van der Waals surface area contributed by atoms with Crippen LogP contribution in [0.4, 0.5) is 10.5 Å². The first-order valence-electron chi connectivity index (χ1n) is 9.16. The van der Waals surface area contributed by atoms with Crippen LogP contribution in [0.2, 0.25) is 5.02 Å². The maximum atomic E-state index is 12.3. The molecule has 0 saturated carbocycles. The minimum Gasteiger partial charge on any atom is -0.359 e. The van der Waals surface area contributed by atoms with Crippen LogP contribution in [-0.2, 0) is 11.3 Å². The summed E-state index contributed by atoms with van der Waals surface area (Å²) in [5.41, 5.74) is 3.99. The Hall–Kier alpha value is -2.99. The second kappa shape index (κ2) is 7.56. The number of rotatable bonds is 4. The molecule has 3 N–H and O–H groups in total. The lowest BCUT2D eigenvalue weighted by Gasteiger charge is -2.17. The van der Waals surface area contributed by atoms with Crippen molar-refractivity contribution in [2.75, 3.05) is 11.4 Å². The van der Waals surface area contributed by atoms with Gasteiger partial charge in [0.2, 0.25) is 5.91 Å². The highest BCUT2D eigenvalue weighted by Gasteiger charge is 2.31. The maximum Gasteiger partial charge on any atom is 0.315 e. The number of aryl methyl sites for hydroxylation is 1. The van der Waals surface area contributed by atoms with Gasteiger partial charge in [0.25, 0.3) is 0 Å². The highest BCUT2D eigenvalue weighted by atomic mass is 35.5. The molecule has 2 heterocycles. The number of amides is 3. The van der Waals surface area contributed by atoms with Crippen molar-refractivity contribution in [2.45, 2.75) is 25.9 Å². The molecular weight excluding hydrogens is 376 g/mol. The molecule has 1 aromatic heterocycles. The number of fused-ring (bicyclic) bond motifs is 1. The third-order valence-corrected chi connectivity index (χ3v) is 5.12. The molecule has 0 spiro atoms. The Labute approximate surface area is 167 Å². The Kier molecular flexibility index (Phi) is 4.96. The number of hydrogen-bond donors (Lipinski definition) is 3. The zero-order valence-electron chi connectivity index (χ0n) is 15.5. The number of nitrogens with zero attached hydrogens (tertiary/aromatic N) is 1. The van der Waals surface area contributed by atoms with Crippen LogP contribution in [0.1, 0.15) is 17.7 Å². The van der Waals surface area contributed by atoms with E-state index in [0.29, 0.717) is 18.1 Å². The van der Waals surface area contributed by atoms with Gasteiger partial charge in [-0.3, -0.25) is 4.79 Å². The van der Waals surface area contributed by atoms with E-state index in [2.05, 4.69) is 27.8 Å². The van der Waals surface area contributed by atoms with Gasteiger partial charge in [-0.05, 0) is 60.3 Å². The van der Waals surface area contributed by atoms with Gasteiger partial charge in [-0.25, -0.2) is 4.79 Å². The van der Waals surface area contributed by atoms with E-state index in [1.165, 1.54) is 0 Å². The van der Waals surface area contributed by atoms with Crippen molar-refractivity contribution in [3.05, 3.63) is 64.8 Å². The Bertz CT molecular complexity index is 1030. The molecular formula is C21H21ClN4O2. The predicted octanol–water partition coefficient (Wildman–Crippen LogP) is 3.73. The summed E-state index contributed by atoms with van der Waals surface area (Å²) in [6, 6.07) is 14.7. The molecule has 1 atom stereocenters. The summed E-state index contributed by atoms with van der Waals surface area (Å²) in [6.45, 7) is 2.89. The fraction of sp³-hybridized carbons (Fsp3) is 0.238. The molecule has 1 fully saturated rings. The lowest BCUT2D eigenvalue weighted by Crippen LogP contribution is -2.43. The van der Waals surface area contributed by atoms with Crippen LogP contribution in [-0.4, -0.2) is 29.5 Å². The van der Waals surface area contributed by atoms with Gasteiger partial charge in [-0.1, -0.05) is 17.7 Å². The van der Waals surface area contributed by atoms with Crippen molar-refractivity contribution in [2.24, 2.45) is 0 Å². The van der Waals surface area contributed by atoms with Gasteiger partial charge < -0.3 is 20.5 Å². The standard InChI is InChI=1S/C21H21ClN4O2/c1-13-8-15-9-14(2-7-19(15)24-13)11-23-21(28)25-17-10-20(27)26(12-17)18-5-3-16(22)4-6-18/h2-9,17,24H,10-12H2,1H3,(H2,23,25,28)/t17-/m1/s1. The number of urea groups is 1. The van der Waals surface area contributed by atoms with E-state index in [9.17, 15) is 9.59 Å². The largest absolute Gasteiger partial charge is 0.359 e. The summed E-state index contributed by atoms with van der Waals surface area (Å²) < 4.78 is 0. The van der Waals surface area contributed by atoms with Crippen molar-refractivity contribution in [1.82, 2.24) is 15.6 Å². The molecule has 0 radical (unpaired) electrons. The smallest absolute Gasteiger partial charge is 0.315 e. The Morgan fingerprint density at radius 1 is 1.21 bits per heavy atom. The van der Waals surface area contributed by atoms with Crippen molar-refractivity contribution in [1.29, 1.82) is 0 Å². The van der Waals surface area contributed by atoms with Crippen LogP contribution < -0.4 is 15.5 Å². The van der Waals surface area contributed by atoms with Crippen molar-refractivity contribution < 1.29 is 9.59 Å². The number of H-pyrrole nitrogens is 1. The van der Waals surface area contributed by atoms with Crippen LogP contribution in [0.15, 0.2) is 48.5 Å². The van der Waals surface area contributed by atoms with Crippen LogP contribution in [0.5, 0.6) is 0 Å². The zero-order valence-corrected chi connectivity index (χ0v) is 16.2. The number of anilines is 1. The van der Waals surface area contributed by atoms with Gasteiger partial charge in [0.1, 0.15) is 0 Å². The third kappa shape index (κ3) is 3.97. The molecule has 0 unspecified atom stereocenters. The lowest BCUT2D eigenvalue weighted by atomic mass is 10.1. The van der Waals surface area contributed by atoms with E-state index in [4.69, 9.17) is 11.6 Å². The van der Waals surface area contributed by atoms with Gasteiger partial charge in [0.15, 0.2) is 0 Å². The molecule has 1 aliphatic rings. The summed E-state index contributed by atoms with van der Waals surface area (Å²) in [5.74, 6) is -0.0131. The Balaban J connectivity index is 1.32. The van der Waals surface area contributed by atoms with E-state index in [-0.39, 0.29) is 24.4 Å². The highest BCUT2D eigenvalue weighted by molar-refractivity contribution is 6.30. The third-order valence-electron chi connectivity index (χ3n) is 4.87. The van der Waals surface area contributed by atoms with E-state index in [1.54, 1.807) is 17.0 Å². The van der Waals surface area contributed by atoms with Gasteiger partial charge in [0, 0.05) is 41.4 Å². The summed E-state index contributed by atoms with van der Waals surface area (Å²) in [7, 11) is 0. The number of aromatic amines is 1. The molecule has 6 nitrogen and oxygen atoms in total. The molecule has 144 valence electrons. The van der Waals surface area contributed by atoms with E-state index >= 15 is 0 Å². The lowest BCUT2D eigenvalue weighted by molar-refractivity contribution is -0.117. The average Bonchev–Trinajstić information content (AvgIpc) is 3.21. The molecule has 7 heteroatoms. The molecule has 0 aliphatic carbocycles. The molecule has 2 aromatic carbocycles. The van der Waals surface area contributed by atoms with Crippen LogP contribution in [0, 0.1) is 6.92 Å². The molecule has 28 heavy (non-hydrogen) atoms. The Morgan fingerprint density at radius 2 is 2.00 bits per heavy atom. The zero-order chi connectivity index (χ0) is 19.7. The first kappa shape index (κ1) is 18.4. The molecule has 0 bridgehead atoms. The van der Waals surface area contributed by atoms with Gasteiger partial charge in [-0.2, -0.15) is 0 Å². The van der Waals surface area contributed by atoms with E-state index < -0.39 is 0 Å². The topological polar surface area (TPSA) is 77.2 Å². The first-order chi connectivity index (χ1) is 13.5. The fourth-order valence-electron chi connectivity index (χ4n) is 3.53. The Morgan fingerprint density at radius 3 is 2.79 bits per heavy atom. The van der Waals surface area contributed by atoms with Gasteiger partial charge >= 0.3 is 6.03 Å². The number of hydrogen-bond acceptors (Lipinski definition) is 2. The molecule has 3 aromatic rings. The fourth-order valence-corrected chi connectivity index (χ4v) is 3.66. The number of carbonyl (C=O) groups excluding carboxylic acids is 2. The maximum absolute atomic E-state index is 12.3. The quantitative estimate of drug-likeness (QED) is 0.628. The van der Waals surface area contributed by atoms with Crippen LogP contribution in [0.25, 0.3) is 10.9 Å². The van der Waals surface area contributed by atoms with Crippen molar-refractivity contribution in [3.8, 4) is 0 Å². The number of benzene rings is 2. The number of carbonyl (C=O) groups is 2. The van der Waals surface area contributed by atoms with Gasteiger partial charge in [0.05, 0.1) is 6.04 Å². The summed E-state index contributed by atoms with van der Waals surface area (Å²) in [4.78, 5) is 29.5. The number of halogens is 1. The minimum absolute atomic E-state index is 0.0131. The van der Waals surface area contributed by atoms with Crippen LogP contribution >= 0.6 is 11.6 Å². The summed E-state index contributed by atoms with van der Waals surface area (Å²) in [6.07, 6.45) is 0.282. The minimum atomic E-state index is -0.277. The van der Waals surface area contributed by atoms with Gasteiger partial charge in [-0.15, -0.1) is 0 Å². The first-order valence-corrected chi connectivity index (χ1v) is 9.54.